The molecule has 2 aliphatic rings. The Hall–Kier alpha value is -1.27. The zero-order valence-corrected chi connectivity index (χ0v) is 13.7. The van der Waals surface area contributed by atoms with Gasteiger partial charge >= 0.3 is 6.18 Å². The van der Waals surface area contributed by atoms with E-state index in [4.69, 9.17) is 0 Å². The van der Waals surface area contributed by atoms with E-state index in [-0.39, 0.29) is 24.0 Å². The van der Waals surface area contributed by atoms with Gasteiger partial charge in [0.05, 0.1) is 17.2 Å². The summed E-state index contributed by atoms with van der Waals surface area (Å²) in [5.74, 6) is -0.476. The van der Waals surface area contributed by atoms with Crippen molar-refractivity contribution in [2.75, 3.05) is 19.6 Å². The van der Waals surface area contributed by atoms with Crippen LogP contribution in [0.15, 0.2) is 12.1 Å². The molecule has 0 spiro atoms. The van der Waals surface area contributed by atoms with Crippen molar-refractivity contribution in [1.29, 1.82) is 0 Å². The lowest BCUT2D eigenvalue weighted by Gasteiger charge is -2.30. The normalized spacial score (nSPS) is 20.1. The van der Waals surface area contributed by atoms with Gasteiger partial charge < -0.3 is 10.2 Å². The van der Waals surface area contributed by atoms with E-state index in [9.17, 15) is 18.0 Å². The zero-order chi connectivity index (χ0) is 15.9. The number of carbonyl (C=O) groups is 1. The fraction of sp³-hybridized carbons (Fsp3) is 0.562. The lowest BCUT2D eigenvalue weighted by atomic mass is 9.93. The number of hydrogen-bond donors (Lipinski definition) is 1. The first-order chi connectivity index (χ1) is 10.4. The van der Waals surface area contributed by atoms with Crippen LogP contribution in [0.2, 0.25) is 0 Å². The van der Waals surface area contributed by atoms with Gasteiger partial charge in [-0.05, 0) is 30.0 Å². The van der Waals surface area contributed by atoms with Crippen molar-refractivity contribution >= 4 is 18.3 Å². The second kappa shape index (κ2) is 6.69. The summed E-state index contributed by atoms with van der Waals surface area (Å²) in [6, 6.07) is 2.70. The highest BCUT2D eigenvalue weighted by Gasteiger charge is 2.45. The second-order valence-electron chi connectivity index (χ2n) is 5.93. The number of amides is 1. The first kappa shape index (κ1) is 18.1. The molecule has 0 aromatic heterocycles. The fourth-order valence-corrected chi connectivity index (χ4v) is 3.35. The van der Waals surface area contributed by atoms with Gasteiger partial charge in [-0.3, -0.25) is 4.79 Å². The highest BCUT2D eigenvalue weighted by Crippen LogP contribution is 2.42. The first-order valence-corrected chi connectivity index (χ1v) is 7.69. The minimum atomic E-state index is -4.50. The standard InChI is InChI=1S/C16H19F3N2O.ClH/c1-2-3-4-10-7-11-13-9-20-5-6-21(13)15(22)14(11)12(8-10)16(17,18)19;/h7-8,13,20H,2-6,9H2,1H3;1H/t13-;/m0./s1. The van der Waals surface area contributed by atoms with E-state index in [1.807, 2.05) is 6.92 Å². The molecule has 128 valence electrons. The van der Waals surface area contributed by atoms with Crippen molar-refractivity contribution in [2.24, 2.45) is 0 Å². The summed E-state index contributed by atoms with van der Waals surface area (Å²) in [6.45, 7) is 3.61. The number of carbonyl (C=O) groups excluding carboxylic acids is 1. The van der Waals surface area contributed by atoms with Crippen LogP contribution in [0.1, 0.15) is 52.9 Å². The number of rotatable bonds is 3. The summed E-state index contributed by atoms with van der Waals surface area (Å²) in [6.07, 6.45) is -2.11. The maximum atomic E-state index is 13.4. The van der Waals surface area contributed by atoms with Gasteiger partial charge in [0.25, 0.3) is 5.91 Å². The molecule has 2 aliphatic heterocycles. The maximum absolute atomic E-state index is 13.4. The highest BCUT2D eigenvalue weighted by atomic mass is 35.5. The Kier molecular flexibility index (Phi) is 5.26. The summed E-state index contributed by atoms with van der Waals surface area (Å²) < 4.78 is 40.2. The van der Waals surface area contributed by atoms with Gasteiger partial charge in [-0.15, -0.1) is 12.4 Å². The highest BCUT2D eigenvalue weighted by molar-refractivity contribution is 6.01. The van der Waals surface area contributed by atoms with Crippen LogP contribution in [0.25, 0.3) is 0 Å². The number of hydrogen-bond acceptors (Lipinski definition) is 2. The molecular weight excluding hydrogens is 329 g/mol. The van der Waals surface area contributed by atoms with Crippen LogP contribution in [0.5, 0.6) is 0 Å². The third-order valence-corrected chi connectivity index (χ3v) is 4.43. The Morgan fingerprint density at radius 2 is 2.09 bits per heavy atom. The molecule has 1 aromatic carbocycles. The van der Waals surface area contributed by atoms with Gasteiger partial charge in [-0.1, -0.05) is 19.4 Å². The van der Waals surface area contributed by atoms with Crippen LogP contribution in [0.4, 0.5) is 13.2 Å². The largest absolute Gasteiger partial charge is 0.417 e. The van der Waals surface area contributed by atoms with Crippen molar-refractivity contribution in [2.45, 2.75) is 38.4 Å². The minimum Gasteiger partial charge on any atom is -0.329 e. The molecule has 0 saturated carbocycles. The molecule has 0 radical (unpaired) electrons. The van der Waals surface area contributed by atoms with Crippen LogP contribution in [0, 0.1) is 0 Å². The van der Waals surface area contributed by atoms with Gasteiger partial charge in [-0.2, -0.15) is 13.2 Å². The molecular formula is C16H20ClF3N2O. The van der Waals surface area contributed by atoms with E-state index in [2.05, 4.69) is 5.32 Å². The molecule has 1 saturated heterocycles. The number of unbranched alkanes of at least 4 members (excludes halogenated alkanes) is 1. The average Bonchev–Trinajstić information content (AvgIpc) is 2.77. The number of nitrogens with zero attached hydrogens (tertiary/aromatic N) is 1. The molecule has 0 aliphatic carbocycles. The van der Waals surface area contributed by atoms with Gasteiger partial charge in [0.2, 0.25) is 0 Å². The van der Waals surface area contributed by atoms with Crippen molar-refractivity contribution in [3.8, 4) is 0 Å². The first-order valence-electron chi connectivity index (χ1n) is 7.69. The molecule has 1 atom stereocenters. The number of aryl methyl sites for hydroxylation is 1. The smallest absolute Gasteiger partial charge is 0.329 e. The van der Waals surface area contributed by atoms with E-state index in [0.29, 0.717) is 37.2 Å². The summed E-state index contributed by atoms with van der Waals surface area (Å²) >= 11 is 0. The van der Waals surface area contributed by atoms with Crippen LogP contribution in [0.3, 0.4) is 0 Å². The van der Waals surface area contributed by atoms with E-state index >= 15 is 0 Å². The second-order valence-corrected chi connectivity index (χ2v) is 5.93. The van der Waals surface area contributed by atoms with Gasteiger partial charge in [0.1, 0.15) is 0 Å². The molecule has 7 heteroatoms. The van der Waals surface area contributed by atoms with Gasteiger partial charge in [-0.25, -0.2) is 0 Å². The third-order valence-electron chi connectivity index (χ3n) is 4.43. The Morgan fingerprint density at radius 1 is 1.35 bits per heavy atom. The predicted octanol–water partition coefficient (Wildman–Crippen LogP) is 3.57. The molecule has 0 bridgehead atoms. The Morgan fingerprint density at radius 3 is 2.74 bits per heavy atom. The molecule has 2 heterocycles. The molecule has 1 amide bonds. The van der Waals surface area contributed by atoms with E-state index < -0.39 is 17.6 Å². The summed E-state index contributed by atoms with van der Waals surface area (Å²) in [7, 11) is 0. The molecule has 1 aromatic rings. The fourth-order valence-electron chi connectivity index (χ4n) is 3.35. The lowest BCUT2D eigenvalue weighted by molar-refractivity contribution is -0.138. The Bertz CT molecular complexity index is 604. The van der Waals surface area contributed by atoms with Crippen molar-refractivity contribution in [3.05, 3.63) is 34.4 Å². The minimum absolute atomic E-state index is 0. The molecule has 3 rings (SSSR count). The van der Waals surface area contributed by atoms with E-state index in [1.54, 1.807) is 11.0 Å². The summed E-state index contributed by atoms with van der Waals surface area (Å²) in [5.41, 5.74) is 0.309. The number of benzene rings is 1. The van der Waals surface area contributed by atoms with E-state index in [1.165, 1.54) is 0 Å². The molecule has 1 fully saturated rings. The Labute approximate surface area is 139 Å². The quantitative estimate of drug-likeness (QED) is 0.905. The lowest BCUT2D eigenvalue weighted by Crippen LogP contribution is -2.44. The Balaban J connectivity index is 0.00000192. The van der Waals surface area contributed by atoms with E-state index in [0.717, 1.165) is 18.9 Å². The molecule has 0 unspecified atom stereocenters. The monoisotopic (exact) mass is 348 g/mol. The third kappa shape index (κ3) is 3.19. The number of piperazine rings is 1. The van der Waals surface area contributed by atoms with Crippen LogP contribution >= 0.6 is 12.4 Å². The van der Waals surface area contributed by atoms with Crippen LogP contribution < -0.4 is 5.32 Å². The number of alkyl halides is 3. The number of nitrogens with one attached hydrogen (secondary N) is 1. The summed E-state index contributed by atoms with van der Waals surface area (Å²) in [5, 5.41) is 3.16. The summed E-state index contributed by atoms with van der Waals surface area (Å²) in [4.78, 5) is 14.0. The predicted molar refractivity (Wildman–Crippen MR) is 84.0 cm³/mol. The van der Waals surface area contributed by atoms with Crippen LogP contribution in [-0.4, -0.2) is 30.4 Å². The van der Waals surface area contributed by atoms with Crippen molar-refractivity contribution < 1.29 is 18.0 Å². The number of fused-ring (bicyclic) bond motifs is 3. The topological polar surface area (TPSA) is 32.3 Å². The number of halogens is 4. The van der Waals surface area contributed by atoms with Crippen molar-refractivity contribution in [1.82, 2.24) is 10.2 Å². The molecule has 1 N–H and O–H groups in total. The SMILES string of the molecule is CCCCc1cc2c(c(C(F)(F)F)c1)C(=O)N1CCNC[C@@H]21.Cl. The van der Waals surface area contributed by atoms with Crippen molar-refractivity contribution in [3.63, 3.8) is 0 Å². The average molecular weight is 349 g/mol. The molecule has 23 heavy (non-hydrogen) atoms. The molecule has 3 nitrogen and oxygen atoms in total. The van der Waals surface area contributed by atoms with Gasteiger partial charge in [0, 0.05) is 19.6 Å². The van der Waals surface area contributed by atoms with Gasteiger partial charge in [0.15, 0.2) is 0 Å². The zero-order valence-electron chi connectivity index (χ0n) is 12.9. The van der Waals surface area contributed by atoms with Crippen LogP contribution in [-0.2, 0) is 12.6 Å². The maximum Gasteiger partial charge on any atom is 0.417 e.